The Hall–Kier alpha value is -1.20. The maximum Gasteiger partial charge on any atom is 0.138 e. The van der Waals surface area contributed by atoms with Crippen molar-refractivity contribution in [3.05, 3.63) is 23.9 Å². The number of anilines is 1. The molecule has 0 aliphatic carbocycles. The van der Waals surface area contributed by atoms with Gasteiger partial charge in [-0.25, -0.2) is 4.98 Å². The molecule has 1 aromatic heterocycles. The molecule has 1 heterocycles. The summed E-state index contributed by atoms with van der Waals surface area (Å²) in [5, 5.41) is 0. The summed E-state index contributed by atoms with van der Waals surface area (Å²) >= 11 is 5.03. The van der Waals surface area contributed by atoms with Crippen LogP contribution in [0.5, 0.6) is 0 Å². The Morgan fingerprint density at radius 2 is 2.29 bits per heavy atom. The molecule has 0 aliphatic heterocycles. The van der Waals surface area contributed by atoms with E-state index in [1.807, 2.05) is 19.1 Å². The van der Waals surface area contributed by atoms with Gasteiger partial charge in [0, 0.05) is 25.9 Å². The average molecular weight is 253 g/mol. The number of rotatable bonds is 7. The van der Waals surface area contributed by atoms with Crippen LogP contribution in [0.2, 0.25) is 0 Å². The topological polar surface area (TPSA) is 51.4 Å². The predicted octanol–water partition coefficient (Wildman–Crippen LogP) is 1.58. The molecule has 0 aliphatic rings. The Bertz CT molecular complexity index is 371. The first kappa shape index (κ1) is 13.9. The quantitative estimate of drug-likeness (QED) is 0.590. The molecule has 2 N–H and O–H groups in total. The van der Waals surface area contributed by atoms with Gasteiger partial charge in [0.1, 0.15) is 10.8 Å². The molecule has 0 aromatic carbocycles. The molecule has 1 rings (SSSR count). The molecule has 0 spiro atoms. The second-order valence-electron chi connectivity index (χ2n) is 3.52. The van der Waals surface area contributed by atoms with E-state index in [0.29, 0.717) is 11.6 Å². The highest BCUT2D eigenvalue weighted by Crippen LogP contribution is 2.16. The van der Waals surface area contributed by atoms with E-state index in [9.17, 15) is 0 Å². The summed E-state index contributed by atoms with van der Waals surface area (Å²) in [6.45, 7) is 7.09. The third kappa shape index (κ3) is 3.94. The SMILES string of the molecule is CCOCCN(CC)c1ncccc1C(N)=S. The van der Waals surface area contributed by atoms with Crippen LogP contribution in [0, 0.1) is 0 Å². The van der Waals surface area contributed by atoms with Gasteiger partial charge in [-0.1, -0.05) is 12.2 Å². The lowest BCUT2D eigenvalue weighted by molar-refractivity contribution is 0.154. The van der Waals surface area contributed by atoms with Crippen molar-refractivity contribution in [3.63, 3.8) is 0 Å². The van der Waals surface area contributed by atoms with Crippen LogP contribution in [-0.4, -0.2) is 36.3 Å². The van der Waals surface area contributed by atoms with Gasteiger partial charge in [0.05, 0.1) is 12.2 Å². The van der Waals surface area contributed by atoms with Gasteiger partial charge < -0.3 is 15.4 Å². The molecule has 17 heavy (non-hydrogen) atoms. The molecule has 4 nitrogen and oxygen atoms in total. The fourth-order valence-electron chi connectivity index (χ4n) is 1.57. The lowest BCUT2D eigenvalue weighted by Gasteiger charge is -2.23. The number of aromatic nitrogens is 1. The minimum Gasteiger partial charge on any atom is -0.389 e. The van der Waals surface area contributed by atoms with Crippen molar-refractivity contribution in [1.29, 1.82) is 0 Å². The first-order chi connectivity index (χ1) is 8.20. The van der Waals surface area contributed by atoms with Crippen molar-refractivity contribution >= 4 is 23.0 Å². The third-order valence-electron chi connectivity index (χ3n) is 2.44. The van der Waals surface area contributed by atoms with Crippen LogP contribution in [0.15, 0.2) is 18.3 Å². The highest BCUT2D eigenvalue weighted by Gasteiger charge is 2.12. The molecule has 1 aromatic rings. The minimum absolute atomic E-state index is 0.378. The van der Waals surface area contributed by atoms with Crippen molar-refractivity contribution in [2.24, 2.45) is 5.73 Å². The number of thiocarbonyl (C=S) groups is 1. The summed E-state index contributed by atoms with van der Waals surface area (Å²) in [7, 11) is 0. The van der Waals surface area contributed by atoms with Gasteiger partial charge in [-0.3, -0.25) is 0 Å². The minimum atomic E-state index is 0.378. The van der Waals surface area contributed by atoms with Crippen LogP contribution in [0.25, 0.3) is 0 Å². The van der Waals surface area contributed by atoms with E-state index in [1.54, 1.807) is 6.20 Å². The monoisotopic (exact) mass is 253 g/mol. The van der Waals surface area contributed by atoms with Gasteiger partial charge in [0.2, 0.25) is 0 Å². The van der Waals surface area contributed by atoms with E-state index >= 15 is 0 Å². The molecule has 0 atom stereocenters. The molecule has 0 radical (unpaired) electrons. The Kier molecular flexibility index (Phi) is 5.86. The highest BCUT2D eigenvalue weighted by atomic mass is 32.1. The first-order valence-corrected chi connectivity index (χ1v) is 6.19. The maximum absolute atomic E-state index is 5.70. The average Bonchev–Trinajstić information content (AvgIpc) is 2.35. The molecule has 0 unspecified atom stereocenters. The van der Waals surface area contributed by atoms with E-state index in [-0.39, 0.29) is 0 Å². The highest BCUT2D eigenvalue weighted by molar-refractivity contribution is 7.80. The maximum atomic E-state index is 5.70. The van der Waals surface area contributed by atoms with E-state index in [0.717, 1.165) is 31.1 Å². The summed E-state index contributed by atoms with van der Waals surface area (Å²) in [6, 6.07) is 3.74. The van der Waals surface area contributed by atoms with Crippen LogP contribution in [-0.2, 0) is 4.74 Å². The van der Waals surface area contributed by atoms with Crippen molar-refractivity contribution in [1.82, 2.24) is 4.98 Å². The number of nitrogens with two attached hydrogens (primary N) is 1. The first-order valence-electron chi connectivity index (χ1n) is 5.78. The number of ether oxygens (including phenoxy) is 1. The molecule has 0 amide bonds. The van der Waals surface area contributed by atoms with Gasteiger partial charge in [-0.05, 0) is 26.0 Å². The molecule has 0 saturated carbocycles. The number of nitrogens with zero attached hydrogens (tertiary/aromatic N) is 2. The molecule has 0 bridgehead atoms. The number of likely N-dealkylation sites (N-methyl/N-ethyl adjacent to an activating group) is 1. The Morgan fingerprint density at radius 3 is 2.88 bits per heavy atom. The van der Waals surface area contributed by atoms with E-state index in [2.05, 4.69) is 16.8 Å². The van der Waals surface area contributed by atoms with Crippen molar-refractivity contribution < 1.29 is 4.74 Å². The van der Waals surface area contributed by atoms with E-state index in [4.69, 9.17) is 22.7 Å². The van der Waals surface area contributed by atoms with Crippen LogP contribution < -0.4 is 10.6 Å². The molecule has 5 heteroatoms. The molecule has 0 fully saturated rings. The van der Waals surface area contributed by atoms with E-state index < -0.39 is 0 Å². The third-order valence-corrected chi connectivity index (χ3v) is 2.66. The lowest BCUT2D eigenvalue weighted by Crippen LogP contribution is -2.30. The standard InChI is InChI=1S/C12H19N3OS/c1-3-15(8-9-16-4-2)12-10(11(13)17)6-5-7-14-12/h5-7H,3-4,8-9H2,1-2H3,(H2,13,17). The van der Waals surface area contributed by atoms with Gasteiger partial charge in [0.25, 0.3) is 0 Å². The van der Waals surface area contributed by atoms with Crippen molar-refractivity contribution in [3.8, 4) is 0 Å². The van der Waals surface area contributed by atoms with Gasteiger partial charge >= 0.3 is 0 Å². The zero-order valence-corrected chi connectivity index (χ0v) is 11.2. The zero-order chi connectivity index (χ0) is 12.7. The lowest BCUT2D eigenvalue weighted by atomic mass is 10.2. The van der Waals surface area contributed by atoms with Gasteiger partial charge in [0.15, 0.2) is 0 Å². The van der Waals surface area contributed by atoms with Crippen LogP contribution in [0.3, 0.4) is 0 Å². The largest absolute Gasteiger partial charge is 0.389 e. The Morgan fingerprint density at radius 1 is 1.53 bits per heavy atom. The van der Waals surface area contributed by atoms with Crippen LogP contribution >= 0.6 is 12.2 Å². The normalized spacial score (nSPS) is 10.2. The number of pyridine rings is 1. The summed E-state index contributed by atoms with van der Waals surface area (Å²) in [5.41, 5.74) is 6.52. The van der Waals surface area contributed by atoms with E-state index in [1.165, 1.54) is 0 Å². The summed E-state index contributed by atoms with van der Waals surface area (Å²) in [4.78, 5) is 6.85. The van der Waals surface area contributed by atoms with Crippen LogP contribution in [0.1, 0.15) is 19.4 Å². The fourth-order valence-corrected chi connectivity index (χ4v) is 1.73. The van der Waals surface area contributed by atoms with Crippen LogP contribution in [0.4, 0.5) is 5.82 Å². The number of hydrogen-bond acceptors (Lipinski definition) is 4. The van der Waals surface area contributed by atoms with Gasteiger partial charge in [-0.15, -0.1) is 0 Å². The van der Waals surface area contributed by atoms with Gasteiger partial charge in [-0.2, -0.15) is 0 Å². The second-order valence-corrected chi connectivity index (χ2v) is 3.96. The molecular formula is C12H19N3OS. The Labute approximate surface area is 108 Å². The zero-order valence-electron chi connectivity index (χ0n) is 10.3. The summed E-state index contributed by atoms with van der Waals surface area (Å²) in [5.74, 6) is 0.835. The second kappa shape index (κ2) is 7.19. The van der Waals surface area contributed by atoms with Crippen molar-refractivity contribution in [2.75, 3.05) is 31.2 Å². The Balaban J connectivity index is 2.83. The molecule has 94 valence electrons. The molecular weight excluding hydrogens is 234 g/mol. The smallest absolute Gasteiger partial charge is 0.138 e. The fraction of sp³-hybridized carbons (Fsp3) is 0.500. The summed E-state index contributed by atoms with van der Waals surface area (Å²) < 4.78 is 5.35. The predicted molar refractivity (Wildman–Crippen MR) is 74.5 cm³/mol. The number of hydrogen-bond donors (Lipinski definition) is 1. The molecule has 0 saturated heterocycles. The summed E-state index contributed by atoms with van der Waals surface area (Å²) in [6.07, 6.45) is 1.75. The van der Waals surface area contributed by atoms with Crippen molar-refractivity contribution in [2.45, 2.75) is 13.8 Å².